The number of aryl methyl sites for hydroxylation is 1. The second-order valence-corrected chi connectivity index (χ2v) is 2.33. The Kier molecular flexibility index (Phi) is 1.98. The van der Waals surface area contributed by atoms with E-state index in [9.17, 15) is 0 Å². The average molecular weight is 156 g/mol. The standard InChI is InChI=1S/C7H6ClNO/c1-5-4-6(2-3-9)7(8)10-5/h4H,2H2,1H3. The van der Waals surface area contributed by atoms with Gasteiger partial charge < -0.3 is 4.42 Å². The van der Waals surface area contributed by atoms with Gasteiger partial charge in [-0.05, 0) is 24.6 Å². The number of halogens is 1. The van der Waals surface area contributed by atoms with Crippen LogP contribution in [-0.2, 0) is 6.42 Å². The van der Waals surface area contributed by atoms with Crippen molar-refractivity contribution in [3.8, 4) is 6.07 Å². The quantitative estimate of drug-likeness (QED) is 0.624. The summed E-state index contributed by atoms with van der Waals surface area (Å²) in [6.07, 6.45) is 0.316. The Morgan fingerprint density at radius 1 is 1.80 bits per heavy atom. The number of furan rings is 1. The maximum Gasteiger partial charge on any atom is 0.197 e. The maximum atomic E-state index is 8.30. The van der Waals surface area contributed by atoms with Crippen LogP contribution in [0.1, 0.15) is 11.3 Å². The fraction of sp³-hybridized carbons (Fsp3) is 0.286. The Labute approximate surface area is 64.0 Å². The zero-order valence-corrected chi connectivity index (χ0v) is 6.27. The molecular weight excluding hydrogens is 150 g/mol. The Bertz CT molecular complexity index is 272. The molecule has 0 aliphatic carbocycles. The van der Waals surface area contributed by atoms with Gasteiger partial charge in [0.05, 0.1) is 12.5 Å². The van der Waals surface area contributed by atoms with Crippen molar-refractivity contribution in [1.82, 2.24) is 0 Å². The minimum Gasteiger partial charge on any atom is -0.450 e. The summed E-state index contributed by atoms with van der Waals surface area (Å²) >= 11 is 5.61. The summed E-state index contributed by atoms with van der Waals surface area (Å²) in [5.74, 6) is 0.746. The average Bonchev–Trinajstić information content (AvgIpc) is 2.13. The predicted octanol–water partition coefficient (Wildman–Crippen LogP) is 2.31. The van der Waals surface area contributed by atoms with Crippen molar-refractivity contribution < 1.29 is 4.42 Å². The van der Waals surface area contributed by atoms with E-state index in [1.807, 2.05) is 6.07 Å². The maximum absolute atomic E-state index is 8.30. The SMILES string of the molecule is Cc1cc(CC#N)c(Cl)o1. The Morgan fingerprint density at radius 2 is 2.50 bits per heavy atom. The molecule has 0 atom stereocenters. The Hall–Kier alpha value is -0.940. The molecule has 1 aromatic heterocycles. The van der Waals surface area contributed by atoms with E-state index in [1.54, 1.807) is 13.0 Å². The highest BCUT2D eigenvalue weighted by Gasteiger charge is 2.04. The number of hydrogen-bond donors (Lipinski definition) is 0. The molecule has 10 heavy (non-hydrogen) atoms. The van der Waals surface area contributed by atoms with E-state index in [1.165, 1.54) is 0 Å². The minimum atomic E-state index is 0.316. The molecule has 1 aromatic rings. The van der Waals surface area contributed by atoms with Gasteiger partial charge in [0, 0.05) is 5.56 Å². The smallest absolute Gasteiger partial charge is 0.197 e. The molecule has 3 heteroatoms. The third-order valence-corrected chi connectivity index (χ3v) is 1.47. The summed E-state index contributed by atoms with van der Waals surface area (Å²) < 4.78 is 4.98. The molecule has 0 saturated heterocycles. The fourth-order valence-corrected chi connectivity index (χ4v) is 0.987. The molecule has 0 aliphatic heterocycles. The van der Waals surface area contributed by atoms with E-state index in [-0.39, 0.29) is 0 Å². The fourth-order valence-electron chi connectivity index (χ4n) is 0.744. The molecule has 0 N–H and O–H groups in total. The Balaban J connectivity index is 2.94. The lowest BCUT2D eigenvalue weighted by atomic mass is 10.2. The topological polar surface area (TPSA) is 36.9 Å². The Morgan fingerprint density at radius 3 is 2.90 bits per heavy atom. The molecule has 0 radical (unpaired) electrons. The third kappa shape index (κ3) is 1.31. The molecule has 0 aliphatic rings. The molecule has 1 rings (SSSR count). The van der Waals surface area contributed by atoms with Crippen LogP contribution in [0.4, 0.5) is 0 Å². The number of rotatable bonds is 1. The first-order valence-corrected chi connectivity index (χ1v) is 3.23. The summed E-state index contributed by atoms with van der Waals surface area (Å²) in [5.41, 5.74) is 0.765. The second kappa shape index (κ2) is 2.76. The van der Waals surface area contributed by atoms with Crippen LogP contribution in [0, 0.1) is 18.3 Å². The first-order valence-electron chi connectivity index (χ1n) is 2.86. The van der Waals surface area contributed by atoms with Crippen molar-refractivity contribution in [2.45, 2.75) is 13.3 Å². The summed E-state index contributed by atoms with van der Waals surface area (Å²) in [6.45, 7) is 1.80. The summed E-state index contributed by atoms with van der Waals surface area (Å²) in [4.78, 5) is 0. The molecular formula is C7H6ClNO. The number of nitrogens with zero attached hydrogens (tertiary/aromatic N) is 1. The van der Waals surface area contributed by atoms with Crippen LogP contribution in [0.25, 0.3) is 0 Å². The lowest BCUT2D eigenvalue weighted by molar-refractivity contribution is 0.534. The van der Waals surface area contributed by atoms with Gasteiger partial charge >= 0.3 is 0 Å². The number of nitriles is 1. The monoisotopic (exact) mass is 155 g/mol. The van der Waals surface area contributed by atoms with Crippen LogP contribution in [0.15, 0.2) is 10.5 Å². The molecule has 0 saturated carbocycles. The van der Waals surface area contributed by atoms with Crippen molar-refractivity contribution in [1.29, 1.82) is 5.26 Å². The summed E-state index contributed by atoms with van der Waals surface area (Å²) in [7, 11) is 0. The van der Waals surface area contributed by atoms with Gasteiger partial charge in [0.15, 0.2) is 5.22 Å². The minimum absolute atomic E-state index is 0.316. The molecule has 1 heterocycles. The van der Waals surface area contributed by atoms with Gasteiger partial charge in [0.2, 0.25) is 0 Å². The molecule has 0 bridgehead atoms. The number of hydrogen-bond acceptors (Lipinski definition) is 2. The summed E-state index contributed by atoms with van der Waals surface area (Å²) in [6, 6.07) is 3.76. The van der Waals surface area contributed by atoms with Gasteiger partial charge in [-0.3, -0.25) is 0 Å². The lowest BCUT2D eigenvalue weighted by Gasteiger charge is -1.82. The molecule has 52 valence electrons. The highest BCUT2D eigenvalue weighted by molar-refractivity contribution is 6.29. The van der Waals surface area contributed by atoms with Crippen LogP contribution < -0.4 is 0 Å². The second-order valence-electron chi connectivity index (χ2n) is 1.99. The predicted molar refractivity (Wildman–Crippen MR) is 37.8 cm³/mol. The molecule has 0 fully saturated rings. The molecule has 2 nitrogen and oxygen atoms in total. The third-order valence-electron chi connectivity index (χ3n) is 1.15. The van der Waals surface area contributed by atoms with Crippen molar-refractivity contribution in [3.05, 3.63) is 22.6 Å². The van der Waals surface area contributed by atoms with E-state index in [2.05, 4.69) is 0 Å². The van der Waals surface area contributed by atoms with Gasteiger partial charge in [-0.1, -0.05) is 0 Å². The molecule has 0 unspecified atom stereocenters. The molecule has 0 aromatic carbocycles. The largest absolute Gasteiger partial charge is 0.450 e. The van der Waals surface area contributed by atoms with E-state index in [0.717, 1.165) is 11.3 Å². The van der Waals surface area contributed by atoms with Crippen LogP contribution in [-0.4, -0.2) is 0 Å². The van der Waals surface area contributed by atoms with Gasteiger partial charge in [-0.15, -0.1) is 0 Å². The van der Waals surface area contributed by atoms with Crippen LogP contribution in [0.5, 0.6) is 0 Å². The first kappa shape index (κ1) is 7.17. The highest BCUT2D eigenvalue weighted by Crippen LogP contribution is 2.20. The van der Waals surface area contributed by atoms with Crippen molar-refractivity contribution >= 4 is 11.6 Å². The van der Waals surface area contributed by atoms with E-state index in [4.69, 9.17) is 21.3 Å². The van der Waals surface area contributed by atoms with E-state index >= 15 is 0 Å². The first-order chi connectivity index (χ1) is 4.74. The van der Waals surface area contributed by atoms with Crippen molar-refractivity contribution in [2.75, 3.05) is 0 Å². The van der Waals surface area contributed by atoms with Gasteiger partial charge in [-0.2, -0.15) is 5.26 Å². The van der Waals surface area contributed by atoms with E-state index < -0.39 is 0 Å². The van der Waals surface area contributed by atoms with Gasteiger partial charge in [0.1, 0.15) is 5.76 Å². The normalized spacial score (nSPS) is 9.30. The zero-order valence-electron chi connectivity index (χ0n) is 5.52. The van der Waals surface area contributed by atoms with Crippen LogP contribution >= 0.6 is 11.6 Å². The highest BCUT2D eigenvalue weighted by atomic mass is 35.5. The van der Waals surface area contributed by atoms with Gasteiger partial charge in [0.25, 0.3) is 0 Å². The van der Waals surface area contributed by atoms with E-state index in [0.29, 0.717) is 11.6 Å². The zero-order chi connectivity index (χ0) is 7.56. The molecule has 0 amide bonds. The van der Waals surface area contributed by atoms with Crippen molar-refractivity contribution in [2.24, 2.45) is 0 Å². The van der Waals surface area contributed by atoms with Crippen molar-refractivity contribution in [3.63, 3.8) is 0 Å². The summed E-state index contributed by atoms with van der Waals surface area (Å²) in [5, 5.41) is 8.64. The van der Waals surface area contributed by atoms with Gasteiger partial charge in [-0.25, -0.2) is 0 Å². The van der Waals surface area contributed by atoms with Crippen LogP contribution in [0.2, 0.25) is 5.22 Å². The lowest BCUT2D eigenvalue weighted by Crippen LogP contribution is -1.74. The molecule has 0 spiro atoms. The van der Waals surface area contributed by atoms with Crippen LogP contribution in [0.3, 0.4) is 0 Å².